The van der Waals surface area contributed by atoms with E-state index < -0.39 is 0 Å². The predicted octanol–water partition coefficient (Wildman–Crippen LogP) is 3.31. The molecule has 0 aliphatic heterocycles. The van der Waals surface area contributed by atoms with Gasteiger partial charge in [-0.05, 0) is 0 Å². The second-order valence-electron chi connectivity index (χ2n) is 8.89. The Morgan fingerprint density at radius 1 is 0.788 bits per heavy atom. The molecule has 0 amide bonds. The molecule has 6 aromatic rings. The molecule has 33 heavy (non-hydrogen) atoms. The number of fused-ring (bicyclic) bond motifs is 9. The fourth-order valence-electron chi connectivity index (χ4n) is 5.50. The van der Waals surface area contributed by atoms with Gasteiger partial charge < -0.3 is 0 Å². The summed E-state index contributed by atoms with van der Waals surface area (Å²) in [5.41, 5.74) is 13.7. The summed E-state index contributed by atoms with van der Waals surface area (Å²) >= 11 is 0.109. The van der Waals surface area contributed by atoms with Crippen molar-refractivity contribution < 1.29 is 21.2 Å². The molecule has 5 heteroatoms. The molecule has 0 saturated carbocycles. The Kier molecular flexibility index (Phi) is 4.73. The van der Waals surface area contributed by atoms with Crippen LogP contribution >= 0.6 is 0 Å². The fraction of sp³-hybridized carbons (Fsp3) is 0.214. The minimum atomic E-state index is 0.109. The molecular weight excluding hydrogens is 519 g/mol. The van der Waals surface area contributed by atoms with Crippen molar-refractivity contribution in [2.24, 2.45) is 7.05 Å². The Bertz CT molecular complexity index is 1700. The zero-order chi connectivity index (χ0) is 22.9. The molecule has 0 aliphatic carbocycles. The second-order valence-corrected chi connectivity index (χ2v) is 12.2. The van der Waals surface area contributed by atoms with Crippen molar-refractivity contribution >= 4 is 65.8 Å². The van der Waals surface area contributed by atoms with Crippen molar-refractivity contribution in [1.82, 2.24) is 9.13 Å². The summed E-state index contributed by atoms with van der Waals surface area (Å²) in [6.45, 7) is 2.29. The number of anilines is 2. The van der Waals surface area contributed by atoms with Crippen molar-refractivity contribution in [3.8, 4) is 0 Å². The zero-order valence-electron chi connectivity index (χ0n) is 19.5. The van der Waals surface area contributed by atoms with E-state index in [1.807, 2.05) is 6.07 Å². The van der Waals surface area contributed by atoms with Crippen LogP contribution in [0.3, 0.4) is 0 Å². The van der Waals surface area contributed by atoms with E-state index in [0.29, 0.717) is 0 Å². The number of aryl methyl sites for hydroxylation is 1. The number of nitrogens with two attached hydrogens (primary N) is 1. The minimum absolute atomic E-state index is 0.109. The zero-order valence-corrected chi connectivity index (χ0v) is 21.6. The van der Waals surface area contributed by atoms with Crippen LogP contribution in [0.5, 0.6) is 0 Å². The third kappa shape index (κ3) is 2.81. The summed E-state index contributed by atoms with van der Waals surface area (Å²) in [6, 6.07) is 22.3. The van der Waals surface area contributed by atoms with Gasteiger partial charge in [0.1, 0.15) is 0 Å². The number of halogens is 1. The van der Waals surface area contributed by atoms with Gasteiger partial charge in [0.2, 0.25) is 0 Å². The van der Waals surface area contributed by atoms with Crippen molar-refractivity contribution in [3.63, 3.8) is 0 Å². The summed E-state index contributed by atoms with van der Waals surface area (Å²) in [5, 5.41) is 7.87. The molecule has 0 bridgehead atoms. The van der Waals surface area contributed by atoms with E-state index in [9.17, 15) is 0 Å². The van der Waals surface area contributed by atoms with Crippen LogP contribution in [-0.4, -0.2) is 27.7 Å². The predicted molar refractivity (Wildman–Crippen MR) is 140 cm³/mol. The van der Waals surface area contributed by atoms with Crippen LogP contribution in [0.15, 0.2) is 60.7 Å². The normalized spacial score (nSPS) is 12.2. The number of alkyl halides is 2. The molecule has 168 valence electrons. The molecule has 0 spiro atoms. The first-order valence-electron chi connectivity index (χ1n) is 11.4. The van der Waals surface area contributed by atoms with Crippen LogP contribution in [0, 0.1) is 0 Å². The average molecular weight is 547 g/mol. The number of hydrogen-bond acceptors (Lipinski definition) is 2. The Hall–Kier alpha value is -2.93. The van der Waals surface area contributed by atoms with Gasteiger partial charge in [0.25, 0.3) is 0 Å². The first kappa shape index (κ1) is 20.7. The molecule has 6 rings (SSSR count). The molecule has 0 fully saturated rings. The van der Waals surface area contributed by atoms with Gasteiger partial charge in [0, 0.05) is 0 Å². The molecule has 0 atom stereocenters. The first-order chi connectivity index (χ1) is 16.0. The van der Waals surface area contributed by atoms with Crippen LogP contribution < -0.4 is 31.8 Å². The van der Waals surface area contributed by atoms with Crippen LogP contribution in [0.4, 0.5) is 11.4 Å². The summed E-state index contributed by atoms with van der Waals surface area (Å²) in [7, 11) is 6.42. The SMILES string of the molecule is CC[I-]Cn1c2ccc3c(ccc4c3c3cccc(N(C)C)c3n4C)c2c2cccc(N)c21. The van der Waals surface area contributed by atoms with Crippen LogP contribution in [0.1, 0.15) is 6.92 Å². The van der Waals surface area contributed by atoms with E-state index in [-0.39, 0.29) is 21.2 Å². The maximum absolute atomic E-state index is 6.53. The van der Waals surface area contributed by atoms with Gasteiger partial charge in [-0.15, -0.1) is 0 Å². The Balaban J connectivity index is 1.81. The van der Waals surface area contributed by atoms with Gasteiger partial charge in [0.15, 0.2) is 0 Å². The number of aromatic nitrogens is 2. The Morgan fingerprint density at radius 2 is 1.42 bits per heavy atom. The molecule has 0 radical (unpaired) electrons. The summed E-state index contributed by atoms with van der Waals surface area (Å²) in [6.07, 6.45) is 0. The van der Waals surface area contributed by atoms with E-state index in [1.54, 1.807) is 0 Å². The van der Waals surface area contributed by atoms with Crippen molar-refractivity contribution in [3.05, 3.63) is 60.7 Å². The monoisotopic (exact) mass is 547 g/mol. The molecule has 2 N–H and O–H groups in total. The quantitative estimate of drug-likeness (QED) is 0.209. The molecule has 0 saturated heterocycles. The Labute approximate surface area is 203 Å². The van der Waals surface area contributed by atoms with Crippen LogP contribution in [0.2, 0.25) is 0 Å². The molecule has 0 aliphatic rings. The molecule has 2 aromatic heterocycles. The molecule has 2 heterocycles. The second kappa shape index (κ2) is 7.55. The number of hydrogen-bond donors (Lipinski definition) is 1. The summed E-state index contributed by atoms with van der Waals surface area (Å²) < 4.78 is 7.19. The average Bonchev–Trinajstić information content (AvgIpc) is 3.31. The van der Waals surface area contributed by atoms with Crippen LogP contribution in [-0.2, 0) is 11.6 Å². The third-order valence-corrected chi connectivity index (χ3v) is 9.15. The topological polar surface area (TPSA) is 39.1 Å². The molecule has 0 unspecified atom stereocenters. The van der Waals surface area contributed by atoms with Gasteiger partial charge >= 0.3 is 204 Å². The van der Waals surface area contributed by atoms with E-state index >= 15 is 0 Å². The van der Waals surface area contributed by atoms with Gasteiger partial charge in [-0.1, -0.05) is 0 Å². The molecule has 4 aromatic carbocycles. The maximum atomic E-state index is 6.53. The summed E-state index contributed by atoms with van der Waals surface area (Å²) in [4.78, 5) is 2.20. The number of rotatable bonds is 4. The molecule has 4 nitrogen and oxygen atoms in total. The number of nitrogen functional groups attached to an aromatic ring is 1. The van der Waals surface area contributed by atoms with Crippen molar-refractivity contribution in [2.75, 3.05) is 29.2 Å². The van der Waals surface area contributed by atoms with Gasteiger partial charge in [-0.25, -0.2) is 0 Å². The number of para-hydroxylation sites is 2. The summed E-state index contributed by atoms with van der Waals surface area (Å²) in [5.74, 6) is 0. The number of nitrogens with zero attached hydrogens (tertiary/aromatic N) is 3. The third-order valence-electron chi connectivity index (χ3n) is 6.91. The first-order valence-corrected chi connectivity index (χ1v) is 14.4. The fourth-order valence-corrected chi connectivity index (χ4v) is 7.17. The molecular formula is C28H28IN4-. The van der Waals surface area contributed by atoms with E-state index in [1.165, 1.54) is 64.5 Å². The standard InChI is InChI=1S/C28H28IN4/c1-5-29-16-33-23-15-13-17-18(26(23)19-8-6-10-21(30)27(19)33)12-14-22-25(17)20-9-7-11-24(31(2)3)28(20)32(22)4/h6-15H,5,16,30H2,1-4H3/q-1. The van der Waals surface area contributed by atoms with Crippen molar-refractivity contribution in [2.45, 2.75) is 11.5 Å². The van der Waals surface area contributed by atoms with E-state index in [4.69, 9.17) is 5.73 Å². The number of benzene rings is 4. The van der Waals surface area contributed by atoms with Gasteiger partial charge in [0.05, 0.1) is 0 Å². The van der Waals surface area contributed by atoms with E-state index in [0.717, 1.165) is 10.2 Å². The van der Waals surface area contributed by atoms with Gasteiger partial charge in [-0.2, -0.15) is 0 Å². The van der Waals surface area contributed by atoms with Gasteiger partial charge in [-0.3, -0.25) is 0 Å². The van der Waals surface area contributed by atoms with E-state index in [2.05, 4.69) is 96.7 Å². The van der Waals surface area contributed by atoms with Crippen molar-refractivity contribution in [1.29, 1.82) is 0 Å². The Morgan fingerprint density at radius 3 is 2.12 bits per heavy atom. The van der Waals surface area contributed by atoms with Crippen LogP contribution in [0.25, 0.3) is 54.4 Å².